The molecule has 2 atom stereocenters. The summed E-state index contributed by atoms with van der Waals surface area (Å²) in [7, 11) is 0. The van der Waals surface area contributed by atoms with E-state index in [0.29, 0.717) is 12.1 Å². The topological polar surface area (TPSA) is 41.1 Å². The summed E-state index contributed by atoms with van der Waals surface area (Å²) in [5, 5.41) is 5.76. The summed E-state index contributed by atoms with van der Waals surface area (Å²) >= 11 is 1.77. The average molecular weight is 174 g/mol. The highest BCUT2D eigenvalue weighted by atomic mass is 32.2. The lowest BCUT2D eigenvalue weighted by molar-refractivity contribution is 0.247. The first kappa shape index (κ1) is 8.71. The van der Waals surface area contributed by atoms with Gasteiger partial charge in [0.15, 0.2) is 0 Å². The van der Waals surface area contributed by atoms with E-state index in [-0.39, 0.29) is 6.03 Å². The predicted octanol–water partition coefficient (Wildman–Crippen LogP) is 0.809. The molecule has 0 saturated carbocycles. The van der Waals surface area contributed by atoms with Crippen LogP contribution in [0.5, 0.6) is 0 Å². The fraction of sp³-hybridized carbons (Fsp3) is 0.857. The third kappa shape index (κ3) is 2.02. The van der Waals surface area contributed by atoms with E-state index in [1.807, 2.05) is 0 Å². The second-order valence-electron chi connectivity index (χ2n) is 2.69. The lowest BCUT2D eigenvalue weighted by Gasteiger charge is -2.14. The van der Waals surface area contributed by atoms with Gasteiger partial charge < -0.3 is 10.6 Å². The van der Waals surface area contributed by atoms with E-state index in [9.17, 15) is 4.79 Å². The Bertz CT molecular complexity index is 151. The van der Waals surface area contributed by atoms with Crippen LogP contribution >= 0.6 is 11.8 Å². The van der Waals surface area contributed by atoms with Gasteiger partial charge in [-0.1, -0.05) is 6.92 Å². The van der Waals surface area contributed by atoms with Crippen LogP contribution in [0.2, 0.25) is 0 Å². The van der Waals surface area contributed by atoms with Gasteiger partial charge >= 0.3 is 6.03 Å². The Labute approximate surface area is 71.3 Å². The molecule has 1 aliphatic heterocycles. The summed E-state index contributed by atoms with van der Waals surface area (Å²) in [5.41, 5.74) is 0. The highest BCUT2D eigenvalue weighted by Gasteiger charge is 2.28. The monoisotopic (exact) mass is 174 g/mol. The Morgan fingerprint density at radius 3 is 2.64 bits per heavy atom. The summed E-state index contributed by atoms with van der Waals surface area (Å²) in [6, 6.07) is 0.633. The maximum atomic E-state index is 10.9. The SMILES string of the molecule is CCC1NC(=O)NC1CSC. The number of rotatable bonds is 3. The summed E-state index contributed by atoms with van der Waals surface area (Å²) in [5.74, 6) is 0.997. The maximum absolute atomic E-state index is 10.9. The van der Waals surface area contributed by atoms with Gasteiger partial charge in [-0.25, -0.2) is 4.79 Å². The summed E-state index contributed by atoms with van der Waals surface area (Å²) < 4.78 is 0. The highest BCUT2D eigenvalue weighted by Crippen LogP contribution is 2.09. The second-order valence-corrected chi connectivity index (χ2v) is 3.61. The van der Waals surface area contributed by atoms with Crippen LogP contribution in [0.1, 0.15) is 13.3 Å². The van der Waals surface area contributed by atoms with Crippen LogP contribution < -0.4 is 10.6 Å². The van der Waals surface area contributed by atoms with Crippen molar-refractivity contribution < 1.29 is 4.79 Å². The molecule has 1 aliphatic rings. The third-order valence-electron chi connectivity index (χ3n) is 1.90. The minimum atomic E-state index is -0.0177. The predicted molar refractivity (Wildman–Crippen MR) is 47.9 cm³/mol. The van der Waals surface area contributed by atoms with Gasteiger partial charge in [0.1, 0.15) is 0 Å². The van der Waals surface area contributed by atoms with Gasteiger partial charge in [-0.15, -0.1) is 0 Å². The van der Waals surface area contributed by atoms with Gasteiger partial charge in [-0.05, 0) is 12.7 Å². The van der Waals surface area contributed by atoms with Crippen molar-refractivity contribution >= 4 is 17.8 Å². The molecular weight excluding hydrogens is 160 g/mol. The van der Waals surface area contributed by atoms with Crippen LogP contribution in [0.15, 0.2) is 0 Å². The molecule has 0 aromatic carbocycles. The normalized spacial score (nSPS) is 29.8. The number of thioether (sulfide) groups is 1. The number of amides is 2. The average Bonchev–Trinajstić information content (AvgIpc) is 2.32. The molecule has 1 saturated heterocycles. The Morgan fingerprint density at radius 2 is 2.09 bits per heavy atom. The van der Waals surface area contributed by atoms with Crippen LogP contribution in [0.25, 0.3) is 0 Å². The standard InChI is InChI=1S/C7H14N2OS/c1-3-5-6(4-11-2)9-7(10)8-5/h5-6H,3-4H2,1-2H3,(H2,8,9,10). The minimum absolute atomic E-state index is 0.0177. The lowest BCUT2D eigenvalue weighted by atomic mass is 10.1. The van der Waals surface area contributed by atoms with Crippen LogP contribution in [0.3, 0.4) is 0 Å². The molecule has 0 radical (unpaired) electrons. The zero-order valence-electron chi connectivity index (χ0n) is 6.89. The summed E-state index contributed by atoms with van der Waals surface area (Å²) in [6.45, 7) is 2.09. The highest BCUT2D eigenvalue weighted by molar-refractivity contribution is 7.98. The third-order valence-corrected chi connectivity index (χ3v) is 2.60. The molecule has 1 heterocycles. The van der Waals surface area contributed by atoms with Gasteiger partial charge in [-0.2, -0.15) is 11.8 Å². The number of carbonyl (C=O) groups excluding carboxylic acids is 1. The van der Waals surface area contributed by atoms with Crippen LogP contribution in [-0.2, 0) is 0 Å². The van der Waals surface area contributed by atoms with Gasteiger partial charge in [0.05, 0.1) is 12.1 Å². The van der Waals surface area contributed by atoms with Crippen molar-refractivity contribution in [1.82, 2.24) is 10.6 Å². The zero-order valence-corrected chi connectivity index (χ0v) is 7.70. The van der Waals surface area contributed by atoms with Crippen molar-refractivity contribution in [2.45, 2.75) is 25.4 Å². The second kappa shape index (κ2) is 3.85. The number of nitrogens with one attached hydrogen (secondary N) is 2. The first-order valence-electron chi connectivity index (χ1n) is 3.84. The first-order chi connectivity index (χ1) is 5.27. The van der Waals surface area contributed by atoms with Gasteiger partial charge in [0.25, 0.3) is 0 Å². The van der Waals surface area contributed by atoms with Crippen molar-refractivity contribution in [2.24, 2.45) is 0 Å². The fourth-order valence-electron chi connectivity index (χ4n) is 1.30. The van der Waals surface area contributed by atoms with E-state index in [1.165, 1.54) is 0 Å². The molecule has 0 aromatic heterocycles. The van der Waals surface area contributed by atoms with Crippen molar-refractivity contribution in [3.63, 3.8) is 0 Å². The van der Waals surface area contributed by atoms with E-state index in [2.05, 4.69) is 23.8 Å². The van der Waals surface area contributed by atoms with E-state index < -0.39 is 0 Å². The zero-order chi connectivity index (χ0) is 8.27. The van der Waals surface area contributed by atoms with Crippen molar-refractivity contribution in [2.75, 3.05) is 12.0 Å². The Hall–Kier alpha value is -0.380. The molecule has 0 aromatic rings. The van der Waals surface area contributed by atoms with E-state index in [1.54, 1.807) is 11.8 Å². The Kier molecular flexibility index (Phi) is 3.05. The number of urea groups is 1. The molecule has 0 spiro atoms. The Balaban J connectivity index is 2.43. The molecule has 1 fully saturated rings. The molecule has 1 rings (SSSR count). The van der Waals surface area contributed by atoms with Crippen LogP contribution in [0.4, 0.5) is 4.79 Å². The number of carbonyl (C=O) groups is 1. The van der Waals surface area contributed by atoms with E-state index >= 15 is 0 Å². The van der Waals surface area contributed by atoms with Crippen LogP contribution in [-0.4, -0.2) is 30.1 Å². The van der Waals surface area contributed by atoms with Gasteiger partial charge in [0.2, 0.25) is 0 Å². The molecule has 2 amide bonds. The molecule has 2 N–H and O–H groups in total. The molecule has 64 valence electrons. The first-order valence-corrected chi connectivity index (χ1v) is 5.23. The molecule has 2 unspecified atom stereocenters. The quantitative estimate of drug-likeness (QED) is 0.665. The van der Waals surface area contributed by atoms with Crippen molar-refractivity contribution in [1.29, 1.82) is 0 Å². The molecule has 0 bridgehead atoms. The van der Waals surface area contributed by atoms with Crippen molar-refractivity contribution in [3.05, 3.63) is 0 Å². The minimum Gasteiger partial charge on any atom is -0.333 e. The lowest BCUT2D eigenvalue weighted by Crippen LogP contribution is -2.34. The van der Waals surface area contributed by atoms with Gasteiger partial charge in [-0.3, -0.25) is 0 Å². The number of hydrogen-bond acceptors (Lipinski definition) is 2. The molecule has 0 aliphatic carbocycles. The van der Waals surface area contributed by atoms with Crippen LogP contribution in [0, 0.1) is 0 Å². The van der Waals surface area contributed by atoms with Gasteiger partial charge in [0, 0.05) is 5.75 Å². The molecule has 4 heteroatoms. The summed E-state index contributed by atoms with van der Waals surface area (Å²) in [6.07, 6.45) is 3.06. The van der Waals surface area contributed by atoms with Crippen molar-refractivity contribution in [3.8, 4) is 0 Å². The Morgan fingerprint density at radius 1 is 1.45 bits per heavy atom. The molecule has 11 heavy (non-hydrogen) atoms. The number of hydrogen-bond donors (Lipinski definition) is 2. The largest absolute Gasteiger partial charge is 0.333 e. The smallest absolute Gasteiger partial charge is 0.315 e. The molecule has 3 nitrogen and oxygen atoms in total. The fourth-order valence-corrected chi connectivity index (χ4v) is 1.98. The van der Waals surface area contributed by atoms with E-state index in [4.69, 9.17) is 0 Å². The summed E-state index contributed by atoms with van der Waals surface area (Å²) in [4.78, 5) is 10.9. The maximum Gasteiger partial charge on any atom is 0.315 e. The van der Waals surface area contributed by atoms with E-state index in [0.717, 1.165) is 12.2 Å². The molecular formula is C7H14N2OS.